The summed E-state index contributed by atoms with van der Waals surface area (Å²) in [5, 5.41) is 0. The topological polar surface area (TPSA) is 48.0 Å². The Bertz CT molecular complexity index is 648. The molecule has 0 heterocycles. The van der Waals surface area contributed by atoms with Gasteiger partial charge in [0.2, 0.25) is 0 Å². The van der Waals surface area contributed by atoms with Gasteiger partial charge in [-0.25, -0.2) is 0 Å². The highest BCUT2D eigenvalue weighted by Crippen LogP contribution is 2.27. The summed E-state index contributed by atoms with van der Waals surface area (Å²) in [5.74, 6) is 1.63. The summed E-state index contributed by atoms with van der Waals surface area (Å²) in [5.41, 5.74) is 0.851. The van der Waals surface area contributed by atoms with Crippen LogP contribution in [0.3, 0.4) is 0 Å². The minimum absolute atomic E-state index is 0.0309. The molecular formula is C19H23NO4. The fourth-order valence-corrected chi connectivity index (χ4v) is 2.40. The van der Waals surface area contributed by atoms with E-state index in [1.54, 1.807) is 37.3 Å². The standard InChI is InChI=1S/C19H23NO4/c1-14(2)20(15-8-6-5-7-9-15)19(21)13-24-18-11-16(22-3)10-17(12-18)23-4/h5-12,14H,13H2,1-4H3. The summed E-state index contributed by atoms with van der Waals surface area (Å²) in [7, 11) is 3.14. The number of rotatable bonds is 7. The van der Waals surface area contributed by atoms with E-state index in [-0.39, 0.29) is 18.6 Å². The van der Waals surface area contributed by atoms with Crippen LogP contribution in [0.2, 0.25) is 0 Å². The summed E-state index contributed by atoms with van der Waals surface area (Å²) in [6, 6.07) is 14.8. The number of hydrogen-bond donors (Lipinski definition) is 0. The molecule has 5 heteroatoms. The van der Waals surface area contributed by atoms with Crippen LogP contribution in [0, 0.1) is 0 Å². The smallest absolute Gasteiger partial charge is 0.265 e. The first kappa shape index (κ1) is 17.7. The van der Waals surface area contributed by atoms with Gasteiger partial charge in [0.25, 0.3) is 5.91 Å². The van der Waals surface area contributed by atoms with Gasteiger partial charge in [-0.1, -0.05) is 18.2 Å². The third-order valence-corrected chi connectivity index (χ3v) is 3.51. The van der Waals surface area contributed by atoms with Crippen LogP contribution in [0.5, 0.6) is 17.2 Å². The Morgan fingerprint density at radius 1 is 0.958 bits per heavy atom. The first-order valence-corrected chi connectivity index (χ1v) is 7.78. The van der Waals surface area contributed by atoms with E-state index in [9.17, 15) is 4.79 Å². The first-order chi connectivity index (χ1) is 11.5. The normalized spacial score (nSPS) is 10.4. The molecule has 0 aliphatic rings. The minimum atomic E-state index is -0.113. The summed E-state index contributed by atoms with van der Waals surface area (Å²) in [6.45, 7) is 3.88. The predicted molar refractivity (Wildman–Crippen MR) is 94.1 cm³/mol. The number of ether oxygens (including phenoxy) is 3. The molecule has 1 amide bonds. The Hall–Kier alpha value is -2.69. The van der Waals surface area contributed by atoms with Crippen LogP contribution in [0.1, 0.15) is 13.8 Å². The van der Waals surface area contributed by atoms with Crippen LogP contribution in [0.25, 0.3) is 0 Å². The van der Waals surface area contributed by atoms with E-state index in [4.69, 9.17) is 14.2 Å². The molecule has 128 valence electrons. The monoisotopic (exact) mass is 329 g/mol. The van der Waals surface area contributed by atoms with E-state index >= 15 is 0 Å². The van der Waals surface area contributed by atoms with E-state index in [1.165, 1.54) is 0 Å². The lowest BCUT2D eigenvalue weighted by Crippen LogP contribution is -2.40. The molecule has 0 fully saturated rings. The molecule has 2 aromatic rings. The molecule has 2 rings (SSSR count). The third kappa shape index (κ3) is 4.41. The van der Waals surface area contributed by atoms with Crippen molar-refractivity contribution in [2.24, 2.45) is 0 Å². The molecule has 0 aliphatic heterocycles. The lowest BCUT2D eigenvalue weighted by atomic mass is 10.2. The minimum Gasteiger partial charge on any atom is -0.496 e. The van der Waals surface area contributed by atoms with Gasteiger partial charge in [-0.05, 0) is 26.0 Å². The van der Waals surface area contributed by atoms with Crippen LogP contribution >= 0.6 is 0 Å². The van der Waals surface area contributed by atoms with Gasteiger partial charge >= 0.3 is 0 Å². The molecule has 0 atom stereocenters. The summed E-state index contributed by atoms with van der Waals surface area (Å²) in [6.07, 6.45) is 0. The zero-order valence-electron chi connectivity index (χ0n) is 14.5. The number of hydrogen-bond acceptors (Lipinski definition) is 4. The first-order valence-electron chi connectivity index (χ1n) is 7.78. The average Bonchev–Trinajstić information content (AvgIpc) is 2.60. The Morgan fingerprint density at radius 3 is 2.00 bits per heavy atom. The van der Waals surface area contributed by atoms with Crippen molar-refractivity contribution in [1.82, 2.24) is 0 Å². The summed E-state index contributed by atoms with van der Waals surface area (Å²) >= 11 is 0. The lowest BCUT2D eigenvalue weighted by Gasteiger charge is -2.27. The number of carbonyl (C=O) groups excluding carboxylic acids is 1. The Balaban J connectivity index is 2.11. The van der Waals surface area contributed by atoms with Gasteiger partial charge < -0.3 is 19.1 Å². The van der Waals surface area contributed by atoms with E-state index in [0.717, 1.165) is 5.69 Å². The SMILES string of the molecule is COc1cc(OC)cc(OCC(=O)N(c2ccccc2)C(C)C)c1. The van der Waals surface area contributed by atoms with Crippen molar-refractivity contribution < 1.29 is 19.0 Å². The zero-order valence-corrected chi connectivity index (χ0v) is 14.5. The van der Waals surface area contributed by atoms with Crippen LogP contribution in [0.15, 0.2) is 48.5 Å². The fraction of sp³-hybridized carbons (Fsp3) is 0.316. The molecule has 0 spiro atoms. The van der Waals surface area contributed by atoms with Gasteiger partial charge in [-0.2, -0.15) is 0 Å². The second-order valence-corrected chi connectivity index (χ2v) is 5.53. The number of amides is 1. The molecule has 0 saturated heterocycles. The molecule has 0 radical (unpaired) electrons. The quantitative estimate of drug-likeness (QED) is 0.780. The lowest BCUT2D eigenvalue weighted by molar-refractivity contribution is -0.120. The maximum atomic E-state index is 12.6. The summed E-state index contributed by atoms with van der Waals surface area (Å²) < 4.78 is 16.1. The maximum absolute atomic E-state index is 12.6. The van der Waals surface area contributed by atoms with Crippen molar-refractivity contribution in [3.05, 3.63) is 48.5 Å². The average molecular weight is 329 g/mol. The molecule has 5 nitrogen and oxygen atoms in total. The highest BCUT2D eigenvalue weighted by molar-refractivity contribution is 5.94. The number of para-hydroxylation sites is 1. The number of nitrogens with zero attached hydrogens (tertiary/aromatic N) is 1. The maximum Gasteiger partial charge on any atom is 0.265 e. The van der Waals surface area contributed by atoms with Gasteiger partial charge in [0, 0.05) is 29.9 Å². The molecule has 0 unspecified atom stereocenters. The second kappa shape index (κ2) is 8.24. The van der Waals surface area contributed by atoms with Crippen molar-refractivity contribution in [1.29, 1.82) is 0 Å². The van der Waals surface area contributed by atoms with Crippen molar-refractivity contribution in [3.63, 3.8) is 0 Å². The molecular weight excluding hydrogens is 306 g/mol. The van der Waals surface area contributed by atoms with Crippen molar-refractivity contribution in [2.45, 2.75) is 19.9 Å². The van der Waals surface area contributed by atoms with Crippen LogP contribution in [0.4, 0.5) is 5.69 Å². The van der Waals surface area contributed by atoms with Gasteiger partial charge in [0.15, 0.2) is 6.61 Å². The van der Waals surface area contributed by atoms with Crippen LogP contribution in [-0.4, -0.2) is 32.8 Å². The Kier molecular flexibility index (Phi) is 6.07. The molecule has 24 heavy (non-hydrogen) atoms. The number of carbonyl (C=O) groups is 1. The molecule has 0 saturated carbocycles. The van der Waals surface area contributed by atoms with Crippen molar-refractivity contribution in [3.8, 4) is 17.2 Å². The number of benzene rings is 2. The summed E-state index contributed by atoms with van der Waals surface area (Å²) in [4.78, 5) is 14.3. The fourth-order valence-electron chi connectivity index (χ4n) is 2.40. The number of methoxy groups -OCH3 is 2. The Morgan fingerprint density at radius 2 is 1.50 bits per heavy atom. The molecule has 0 bridgehead atoms. The zero-order chi connectivity index (χ0) is 17.5. The van der Waals surface area contributed by atoms with E-state index in [2.05, 4.69) is 0 Å². The molecule has 0 N–H and O–H groups in total. The molecule has 0 aliphatic carbocycles. The molecule has 0 aromatic heterocycles. The van der Waals surface area contributed by atoms with Gasteiger partial charge in [0.05, 0.1) is 14.2 Å². The van der Waals surface area contributed by atoms with Crippen LogP contribution < -0.4 is 19.1 Å². The number of anilines is 1. The second-order valence-electron chi connectivity index (χ2n) is 5.53. The largest absolute Gasteiger partial charge is 0.496 e. The highest BCUT2D eigenvalue weighted by atomic mass is 16.5. The highest BCUT2D eigenvalue weighted by Gasteiger charge is 2.19. The Labute approximate surface area is 142 Å². The molecule has 2 aromatic carbocycles. The van der Waals surface area contributed by atoms with E-state index in [0.29, 0.717) is 17.2 Å². The van der Waals surface area contributed by atoms with Crippen molar-refractivity contribution >= 4 is 11.6 Å². The van der Waals surface area contributed by atoms with Gasteiger partial charge in [0.1, 0.15) is 17.2 Å². The predicted octanol–water partition coefficient (Wildman–Crippen LogP) is 3.52. The van der Waals surface area contributed by atoms with Crippen LogP contribution in [-0.2, 0) is 4.79 Å². The van der Waals surface area contributed by atoms with Gasteiger partial charge in [-0.15, -0.1) is 0 Å². The van der Waals surface area contributed by atoms with Gasteiger partial charge in [-0.3, -0.25) is 4.79 Å². The van der Waals surface area contributed by atoms with E-state index < -0.39 is 0 Å². The van der Waals surface area contributed by atoms with E-state index in [1.807, 2.05) is 44.2 Å². The third-order valence-electron chi connectivity index (χ3n) is 3.51. The van der Waals surface area contributed by atoms with Crippen molar-refractivity contribution in [2.75, 3.05) is 25.7 Å².